The maximum absolute atomic E-state index is 11.9. The Morgan fingerprint density at radius 1 is 1.44 bits per heavy atom. The van der Waals surface area contributed by atoms with Gasteiger partial charge in [0.1, 0.15) is 10.7 Å². The highest BCUT2D eigenvalue weighted by Crippen LogP contribution is 2.24. The quantitative estimate of drug-likeness (QED) is 0.607. The fourth-order valence-corrected chi connectivity index (χ4v) is 3.29. The third-order valence-corrected chi connectivity index (χ3v) is 4.75. The van der Waals surface area contributed by atoms with Crippen molar-refractivity contribution in [2.24, 2.45) is 5.92 Å². The largest absolute Gasteiger partial charge is 0.393 e. The first kappa shape index (κ1) is 13.3. The van der Waals surface area contributed by atoms with Crippen LogP contribution in [0.3, 0.4) is 0 Å². The predicted octanol–water partition coefficient (Wildman–Crippen LogP) is -0.179. The molecular weight excluding hydrogens is 256 g/mol. The lowest BCUT2D eigenvalue weighted by molar-refractivity contribution is 0.110. The molecule has 0 aromatic carbocycles. The van der Waals surface area contributed by atoms with Crippen molar-refractivity contribution in [2.45, 2.75) is 36.7 Å². The van der Waals surface area contributed by atoms with Crippen molar-refractivity contribution >= 4 is 15.8 Å². The second-order valence-corrected chi connectivity index (χ2v) is 6.41. The van der Waals surface area contributed by atoms with E-state index in [-0.39, 0.29) is 22.7 Å². The van der Waals surface area contributed by atoms with Crippen LogP contribution in [0.15, 0.2) is 11.1 Å². The van der Waals surface area contributed by atoms with Gasteiger partial charge in [0.2, 0.25) is 10.0 Å². The molecule has 0 radical (unpaired) electrons. The number of anilines is 1. The Kier molecular flexibility index (Phi) is 3.88. The zero-order chi connectivity index (χ0) is 13.2. The molecule has 1 aromatic heterocycles. The van der Waals surface area contributed by atoms with Gasteiger partial charge < -0.3 is 10.8 Å². The van der Waals surface area contributed by atoms with E-state index in [0.717, 1.165) is 25.7 Å². The number of nitrogens with zero attached hydrogens (tertiary/aromatic N) is 1. The predicted molar refractivity (Wildman–Crippen MR) is 66.2 cm³/mol. The third-order valence-electron chi connectivity index (χ3n) is 3.30. The summed E-state index contributed by atoms with van der Waals surface area (Å²) in [5, 5.41) is 15.4. The summed E-state index contributed by atoms with van der Waals surface area (Å²) >= 11 is 0. The van der Waals surface area contributed by atoms with Gasteiger partial charge in [-0.25, -0.2) is 13.1 Å². The van der Waals surface area contributed by atoms with Crippen LogP contribution in [0.2, 0.25) is 0 Å². The number of aliphatic hydroxyl groups excluding tert-OH is 1. The number of rotatable bonds is 4. The number of aromatic amines is 1. The van der Waals surface area contributed by atoms with Crippen LogP contribution in [0, 0.1) is 5.92 Å². The van der Waals surface area contributed by atoms with E-state index in [1.54, 1.807) is 0 Å². The normalized spacial score (nSPS) is 25.2. The Bertz CT molecular complexity index is 491. The van der Waals surface area contributed by atoms with Crippen molar-refractivity contribution in [2.75, 3.05) is 12.3 Å². The van der Waals surface area contributed by atoms with Gasteiger partial charge in [0, 0.05) is 6.54 Å². The molecule has 1 heterocycles. The number of sulfonamides is 1. The average Bonchev–Trinajstić information content (AvgIpc) is 2.76. The Hall–Kier alpha value is -1.12. The summed E-state index contributed by atoms with van der Waals surface area (Å²) in [5.41, 5.74) is 5.48. The molecule has 0 bridgehead atoms. The van der Waals surface area contributed by atoms with Gasteiger partial charge in [-0.3, -0.25) is 5.10 Å². The first-order valence-electron chi connectivity index (χ1n) is 5.95. The third kappa shape index (κ3) is 3.01. The molecule has 1 aromatic rings. The van der Waals surface area contributed by atoms with Crippen molar-refractivity contribution < 1.29 is 13.5 Å². The minimum Gasteiger partial charge on any atom is -0.393 e. The van der Waals surface area contributed by atoms with E-state index in [0.29, 0.717) is 6.54 Å². The van der Waals surface area contributed by atoms with Crippen LogP contribution in [0.5, 0.6) is 0 Å². The Morgan fingerprint density at radius 2 is 2.11 bits per heavy atom. The van der Waals surface area contributed by atoms with Gasteiger partial charge in [0.15, 0.2) is 0 Å². The number of aliphatic hydroxyl groups is 1. The van der Waals surface area contributed by atoms with Crippen LogP contribution in [0.1, 0.15) is 25.7 Å². The molecule has 0 atom stereocenters. The zero-order valence-electron chi connectivity index (χ0n) is 9.96. The van der Waals surface area contributed by atoms with Crippen LogP contribution >= 0.6 is 0 Å². The average molecular weight is 274 g/mol. The summed E-state index contributed by atoms with van der Waals surface area (Å²) in [6.45, 7) is 0.375. The number of H-pyrrole nitrogens is 1. The van der Waals surface area contributed by atoms with Crippen LogP contribution in [-0.2, 0) is 10.0 Å². The molecule has 2 rings (SSSR count). The molecule has 0 amide bonds. The van der Waals surface area contributed by atoms with Crippen LogP contribution in [-0.4, -0.2) is 36.4 Å². The summed E-state index contributed by atoms with van der Waals surface area (Å²) in [5.74, 6) is 0.317. The summed E-state index contributed by atoms with van der Waals surface area (Å²) in [6.07, 6.45) is 4.11. The topological polar surface area (TPSA) is 121 Å². The molecular formula is C10H18N4O3S. The molecule has 1 aliphatic carbocycles. The summed E-state index contributed by atoms with van der Waals surface area (Å²) in [4.78, 5) is -0.0154. The molecule has 0 spiro atoms. The maximum atomic E-state index is 11.9. The second kappa shape index (κ2) is 5.25. The van der Waals surface area contributed by atoms with E-state index in [2.05, 4.69) is 14.9 Å². The molecule has 102 valence electrons. The van der Waals surface area contributed by atoms with Crippen molar-refractivity contribution in [3.05, 3.63) is 6.20 Å². The molecule has 7 nitrogen and oxygen atoms in total. The van der Waals surface area contributed by atoms with E-state index in [1.165, 1.54) is 6.20 Å². The van der Waals surface area contributed by atoms with Crippen molar-refractivity contribution in [1.29, 1.82) is 0 Å². The SMILES string of the molecule is Nc1[nH]ncc1S(=O)(=O)NCC1CCC(O)CC1. The fourth-order valence-electron chi connectivity index (χ4n) is 2.15. The highest BCUT2D eigenvalue weighted by molar-refractivity contribution is 7.89. The van der Waals surface area contributed by atoms with Crippen LogP contribution in [0.25, 0.3) is 0 Å². The minimum atomic E-state index is -3.59. The smallest absolute Gasteiger partial charge is 0.245 e. The molecule has 1 saturated carbocycles. The van der Waals surface area contributed by atoms with Gasteiger partial charge in [0.05, 0.1) is 12.3 Å². The van der Waals surface area contributed by atoms with Gasteiger partial charge in [0.25, 0.3) is 0 Å². The molecule has 0 aliphatic heterocycles. The van der Waals surface area contributed by atoms with E-state index >= 15 is 0 Å². The highest BCUT2D eigenvalue weighted by atomic mass is 32.2. The number of nitrogen functional groups attached to an aromatic ring is 1. The van der Waals surface area contributed by atoms with Crippen LogP contribution in [0.4, 0.5) is 5.82 Å². The number of aromatic nitrogens is 2. The zero-order valence-corrected chi connectivity index (χ0v) is 10.8. The van der Waals surface area contributed by atoms with Crippen LogP contribution < -0.4 is 10.5 Å². The van der Waals surface area contributed by atoms with E-state index < -0.39 is 10.0 Å². The van der Waals surface area contributed by atoms with Crippen molar-refractivity contribution in [3.63, 3.8) is 0 Å². The van der Waals surface area contributed by atoms with Gasteiger partial charge >= 0.3 is 0 Å². The minimum absolute atomic E-state index is 0.0154. The van der Waals surface area contributed by atoms with E-state index in [1.807, 2.05) is 0 Å². The molecule has 5 N–H and O–H groups in total. The molecule has 8 heteroatoms. The molecule has 0 unspecified atom stereocenters. The number of nitrogens with two attached hydrogens (primary N) is 1. The standard InChI is InChI=1S/C10H18N4O3S/c11-10-9(6-12-14-10)18(16,17)13-5-7-1-3-8(15)4-2-7/h6-8,13,15H,1-5H2,(H3,11,12,14). The number of nitrogens with one attached hydrogen (secondary N) is 2. The summed E-state index contributed by atoms with van der Waals surface area (Å²) in [7, 11) is -3.59. The molecule has 18 heavy (non-hydrogen) atoms. The second-order valence-electron chi connectivity index (χ2n) is 4.67. The monoisotopic (exact) mass is 274 g/mol. The Balaban J connectivity index is 1.92. The van der Waals surface area contributed by atoms with Gasteiger partial charge in [-0.05, 0) is 31.6 Å². The Morgan fingerprint density at radius 3 is 2.67 bits per heavy atom. The van der Waals surface area contributed by atoms with E-state index in [4.69, 9.17) is 5.73 Å². The fraction of sp³-hybridized carbons (Fsp3) is 0.700. The highest BCUT2D eigenvalue weighted by Gasteiger charge is 2.23. The first-order chi connectivity index (χ1) is 8.49. The summed E-state index contributed by atoms with van der Waals surface area (Å²) < 4.78 is 26.4. The number of hydrogen-bond acceptors (Lipinski definition) is 5. The number of hydrogen-bond donors (Lipinski definition) is 4. The maximum Gasteiger partial charge on any atom is 0.245 e. The first-order valence-corrected chi connectivity index (χ1v) is 7.44. The lowest BCUT2D eigenvalue weighted by Gasteiger charge is -2.25. The molecule has 1 fully saturated rings. The lowest BCUT2D eigenvalue weighted by atomic mass is 9.88. The van der Waals surface area contributed by atoms with Gasteiger partial charge in [-0.2, -0.15) is 5.10 Å². The lowest BCUT2D eigenvalue weighted by Crippen LogP contribution is -2.32. The summed E-state index contributed by atoms with van der Waals surface area (Å²) in [6, 6.07) is 0. The van der Waals surface area contributed by atoms with Gasteiger partial charge in [-0.1, -0.05) is 0 Å². The Labute approximate surface area is 106 Å². The van der Waals surface area contributed by atoms with Crippen molar-refractivity contribution in [1.82, 2.24) is 14.9 Å². The molecule has 1 aliphatic rings. The van der Waals surface area contributed by atoms with Gasteiger partial charge in [-0.15, -0.1) is 0 Å². The van der Waals surface area contributed by atoms with E-state index in [9.17, 15) is 13.5 Å². The molecule has 0 saturated heterocycles. The van der Waals surface area contributed by atoms with Crippen molar-refractivity contribution in [3.8, 4) is 0 Å².